The fraction of sp³-hybridized carbons (Fsp3) is 0.357. The molecule has 0 saturated carbocycles. The summed E-state index contributed by atoms with van der Waals surface area (Å²) in [4.78, 5) is 14.1. The van der Waals surface area contributed by atoms with Gasteiger partial charge in [-0.2, -0.15) is 0 Å². The smallest absolute Gasteiger partial charge is 0.289 e. The Hall–Kier alpha value is -1.97. The highest BCUT2D eigenvalue weighted by molar-refractivity contribution is 5.91. The van der Waals surface area contributed by atoms with Crippen molar-refractivity contribution in [3.05, 3.63) is 48.2 Å². The summed E-state index contributed by atoms with van der Waals surface area (Å²) in [6, 6.07) is 7.45. The zero-order valence-electron chi connectivity index (χ0n) is 10.8. The Morgan fingerprint density at radius 2 is 2.22 bits per heavy atom. The zero-order valence-corrected chi connectivity index (χ0v) is 10.8. The molecule has 0 aliphatic rings. The summed E-state index contributed by atoms with van der Waals surface area (Å²) in [6.45, 7) is 3.40. The topological polar surface area (TPSA) is 38.4 Å². The van der Waals surface area contributed by atoms with E-state index in [0.717, 1.165) is 18.7 Å². The molecule has 0 aromatic carbocycles. The SMILES string of the molecule is CCCN(Cc1cccn1C)C(=O)c1ccco1. The van der Waals surface area contributed by atoms with Crippen molar-refractivity contribution in [3.8, 4) is 0 Å². The largest absolute Gasteiger partial charge is 0.459 e. The van der Waals surface area contributed by atoms with Crippen LogP contribution in [0.15, 0.2) is 41.1 Å². The van der Waals surface area contributed by atoms with Crippen LogP contribution >= 0.6 is 0 Å². The monoisotopic (exact) mass is 246 g/mol. The average molecular weight is 246 g/mol. The van der Waals surface area contributed by atoms with E-state index >= 15 is 0 Å². The number of aromatic nitrogens is 1. The van der Waals surface area contributed by atoms with Crippen LogP contribution in [0.3, 0.4) is 0 Å². The van der Waals surface area contributed by atoms with Gasteiger partial charge in [-0.05, 0) is 30.7 Å². The fourth-order valence-corrected chi connectivity index (χ4v) is 1.93. The standard InChI is InChI=1S/C14H18N2O2/c1-3-8-16(11-12-6-4-9-15(12)2)14(17)13-7-5-10-18-13/h4-7,9-10H,3,8,11H2,1-2H3. The molecule has 0 unspecified atom stereocenters. The Morgan fingerprint density at radius 1 is 1.39 bits per heavy atom. The lowest BCUT2D eigenvalue weighted by molar-refractivity contribution is 0.0707. The van der Waals surface area contributed by atoms with E-state index in [0.29, 0.717) is 12.3 Å². The summed E-state index contributed by atoms with van der Waals surface area (Å²) in [5, 5.41) is 0. The van der Waals surface area contributed by atoms with Crippen molar-refractivity contribution in [2.75, 3.05) is 6.54 Å². The van der Waals surface area contributed by atoms with E-state index in [1.165, 1.54) is 6.26 Å². The first-order valence-corrected chi connectivity index (χ1v) is 6.15. The van der Waals surface area contributed by atoms with E-state index in [2.05, 4.69) is 6.92 Å². The third-order valence-corrected chi connectivity index (χ3v) is 2.92. The van der Waals surface area contributed by atoms with Crippen LogP contribution in [0.4, 0.5) is 0 Å². The second kappa shape index (κ2) is 5.58. The quantitative estimate of drug-likeness (QED) is 0.813. The number of carbonyl (C=O) groups excluding carboxylic acids is 1. The van der Waals surface area contributed by atoms with Gasteiger partial charge in [0.1, 0.15) is 0 Å². The summed E-state index contributed by atoms with van der Waals surface area (Å²) >= 11 is 0. The molecule has 2 aromatic heterocycles. The Labute approximate surface area is 107 Å². The molecule has 18 heavy (non-hydrogen) atoms. The van der Waals surface area contributed by atoms with E-state index in [9.17, 15) is 4.79 Å². The molecular weight excluding hydrogens is 228 g/mol. The van der Waals surface area contributed by atoms with Gasteiger partial charge in [0.05, 0.1) is 12.8 Å². The van der Waals surface area contributed by atoms with Crippen LogP contribution in [-0.2, 0) is 13.6 Å². The van der Waals surface area contributed by atoms with Crippen molar-refractivity contribution in [1.29, 1.82) is 0 Å². The van der Waals surface area contributed by atoms with Gasteiger partial charge in [-0.15, -0.1) is 0 Å². The number of hydrogen-bond donors (Lipinski definition) is 0. The van der Waals surface area contributed by atoms with Gasteiger partial charge in [0, 0.05) is 25.5 Å². The summed E-state index contributed by atoms with van der Waals surface area (Å²) in [5.74, 6) is 0.348. The number of furan rings is 1. The molecule has 2 aromatic rings. The van der Waals surface area contributed by atoms with Crippen LogP contribution < -0.4 is 0 Å². The van der Waals surface area contributed by atoms with E-state index in [1.54, 1.807) is 12.1 Å². The normalized spacial score (nSPS) is 10.6. The average Bonchev–Trinajstić information content (AvgIpc) is 3.00. The maximum Gasteiger partial charge on any atom is 0.289 e. The predicted molar refractivity (Wildman–Crippen MR) is 69.2 cm³/mol. The number of amides is 1. The van der Waals surface area contributed by atoms with Gasteiger partial charge < -0.3 is 13.9 Å². The lowest BCUT2D eigenvalue weighted by Gasteiger charge is -2.21. The number of nitrogens with zero attached hydrogens (tertiary/aromatic N) is 2. The highest BCUT2D eigenvalue weighted by Gasteiger charge is 2.18. The summed E-state index contributed by atoms with van der Waals surface area (Å²) < 4.78 is 7.20. The molecule has 0 saturated heterocycles. The summed E-state index contributed by atoms with van der Waals surface area (Å²) in [5.41, 5.74) is 1.11. The van der Waals surface area contributed by atoms with Crippen molar-refractivity contribution in [2.24, 2.45) is 7.05 Å². The Morgan fingerprint density at radius 3 is 2.78 bits per heavy atom. The molecule has 1 amide bonds. The van der Waals surface area contributed by atoms with Gasteiger partial charge in [0.15, 0.2) is 5.76 Å². The van der Waals surface area contributed by atoms with Crippen molar-refractivity contribution >= 4 is 5.91 Å². The van der Waals surface area contributed by atoms with Crippen molar-refractivity contribution < 1.29 is 9.21 Å². The second-order valence-electron chi connectivity index (χ2n) is 4.31. The summed E-state index contributed by atoms with van der Waals surface area (Å²) in [6.07, 6.45) is 4.44. The van der Waals surface area contributed by atoms with Crippen molar-refractivity contribution in [2.45, 2.75) is 19.9 Å². The molecule has 0 aliphatic heterocycles. The zero-order chi connectivity index (χ0) is 13.0. The first kappa shape index (κ1) is 12.5. The van der Waals surface area contributed by atoms with Crippen molar-refractivity contribution in [3.63, 3.8) is 0 Å². The van der Waals surface area contributed by atoms with Gasteiger partial charge >= 0.3 is 0 Å². The van der Waals surface area contributed by atoms with E-state index in [-0.39, 0.29) is 5.91 Å². The van der Waals surface area contributed by atoms with E-state index in [4.69, 9.17) is 4.42 Å². The van der Waals surface area contributed by atoms with Crippen LogP contribution in [0.2, 0.25) is 0 Å². The number of aryl methyl sites for hydroxylation is 1. The molecule has 2 rings (SSSR count). The lowest BCUT2D eigenvalue weighted by Crippen LogP contribution is -2.31. The molecule has 2 heterocycles. The highest BCUT2D eigenvalue weighted by Crippen LogP contribution is 2.11. The molecule has 0 N–H and O–H groups in total. The third kappa shape index (κ3) is 2.64. The van der Waals surface area contributed by atoms with Gasteiger partial charge in [-0.25, -0.2) is 0 Å². The van der Waals surface area contributed by atoms with Crippen LogP contribution in [0, 0.1) is 0 Å². The van der Waals surface area contributed by atoms with E-state index < -0.39 is 0 Å². The molecule has 0 atom stereocenters. The summed E-state index contributed by atoms with van der Waals surface area (Å²) in [7, 11) is 1.98. The Kier molecular flexibility index (Phi) is 3.87. The maximum atomic E-state index is 12.3. The van der Waals surface area contributed by atoms with Gasteiger partial charge in [-0.3, -0.25) is 4.79 Å². The number of hydrogen-bond acceptors (Lipinski definition) is 2. The lowest BCUT2D eigenvalue weighted by atomic mass is 10.3. The molecule has 4 heteroatoms. The molecule has 0 fully saturated rings. The Bertz CT molecular complexity index is 500. The van der Waals surface area contributed by atoms with Crippen molar-refractivity contribution in [1.82, 2.24) is 9.47 Å². The van der Waals surface area contributed by atoms with Crippen LogP contribution in [0.25, 0.3) is 0 Å². The number of rotatable bonds is 5. The first-order valence-electron chi connectivity index (χ1n) is 6.15. The molecule has 96 valence electrons. The minimum atomic E-state index is -0.0527. The minimum absolute atomic E-state index is 0.0527. The van der Waals surface area contributed by atoms with Gasteiger partial charge in [-0.1, -0.05) is 6.92 Å². The minimum Gasteiger partial charge on any atom is -0.459 e. The van der Waals surface area contributed by atoms with Gasteiger partial charge in [0.2, 0.25) is 0 Å². The first-order chi connectivity index (χ1) is 8.72. The van der Waals surface area contributed by atoms with Gasteiger partial charge in [0.25, 0.3) is 5.91 Å². The molecule has 0 spiro atoms. The molecule has 0 radical (unpaired) electrons. The maximum absolute atomic E-state index is 12.3. The van der Waals surface area contributed by atoms with E-state index in [1.807, 2.05) is 34.8 Å². The molecular formula is C14H18N2O2. The van der Waals surface area contributed by atoms with Crippen LogP contribution in [-0.4, -0.2) is 21.9 Å². The number of carbonyl (C=O) groups is 1. The molecule has 0 bridgehead atoms. The third-order valence-electron chi connectivity index (χ3n) is 2.92. The molecule has 4 nitrogen and oxygen atoms in total. The molecule has 0 aliphatic carbocycles. The highest BCUT2D eigenvalue weighted by atomic mass is 16.3. The fourth-order valence-electron chi connectivity index (χ4n) is 1.93. The predicted octanol–water partition coefficient (Wildman–Crippen LogP) is 2.67. The van der Waals surface area contributed by atoms with Crippen LogP contribution in [0.1, 0.15) is 29.6 Å². The second-order valence-corrected chi connectivity index (χ2v) is 4.31. The van der Waals surface area contributed by atoms with Crippen LogP contribution in [0.5, 0.6) is 0 Å². The Balaban J connectivity index is 2.13.